The van der Waals surface area contributed by atoms with Gasteiger partial charge in [0, 0.05) is 24.4 Å². The van der Waals surface area contributed by atoms with Crippen LogP contribution < -0.4 is 5.32 Å². The number of benzene rings is 2. The van der Waals surface area contributed by atoms with Crippen molar-refractivity contribution in [1.82, 2.24) is 10.2 Å². The van der Waals surface area contributed by atoms with Crippen LogP contribution in [0.1, 0.15) is 43.4 Å². The van der Waals surface area contributed by atoms with Crippen LogP contribution in [-0.4, -0.2) is 47.8 Å². The van der Waals surface area contributed by atoms with E-state index < -0.39 is 12.0 Å². The summed E-state index contributed by atoms with van der Waals surface area (Å²) in [7, 11) is 0. The van der Waals surface area contributed by atoms with Gasteiger partial charge in [-0.25, -0.2) is 9.79 Å². The van der Waals surface area contributed by atoms with E-state index in [1.807, 2.05) is 71.0 Å². The minimum Gasteiger partial charge on any atom is -0.463 e. The Kier molecular flexibility index (Phi) is 7.53. The highest BCUT2D eigenvalue weighted by molar-refractivity contribution is 8.16. The van der Waals surface area contributed by atoms with Gasteiger partial charge < -0.3 is 19.7 Å². The Morgan fingerprint density at radius 2 is 1.89 bits per heavy atom. The van der Waals surface area contributed by atoms with Crippen molar-refractivity contribution in [3.8, 4) is 0 Å². The van der Waals surface area contributed by atoms with Crippen molar-refractivity contribution in [2.24, 2.45) is 4.99 Å². The van der Waals surface area contributed by atoms with Crippen LogP contribution in [0.25, 0.3) is 5.70 Å². The number of aliphatic imine (C=N–C) groups is 1. The number of hydrogen-bond acceptors (Lipinski definition) is 7. The number of carbonyl (C=O) groups excluding carboxylic acids is 2. The van der Waals surface area contributed by atoms with Crippen LogP contribution in [0.4, 0.5) is 0 Å². The maximum Gasteiger partial charge on any atom is 0.338 e. The van der Waals surface area contributed by atoms with E-state index in [0.717, 1.165) is 41.4 Å². The van der Waals surface area contributed by atoms with E-state index in [-0.39, 0.29) is 25.0 Å². The summed E-state index contributed by atoms with van der Waals surface area (Å²) in [6, 6.07) is 19.1. The Morgan fingerprint density at radius 3 is 2.58 bits per heavy atom. The van der Waals surface area contributed by atoms with Crippen molar-refractivity contribution >= 4 is 34.5 Å². The lowest BCUT2D eigenvalue weighted by molar-refractivity contribution is -0.139. The van der Waals surface area contributed by atoms with Gasteiger partial charge in [-0.2, -0.15) is 0 Å². The molecular formula is C28H29N3O4S. The van der Waals surface area contributed by atoms with Crippen molar-refractivity contribution in [2.75, 3.05) is 19.8 Å². The average molecular weight is 504 g/mol. The molecule has 5 rings (SSSR count). The molecule has 0 spiro atoms. The van der Waals surface area contributed by atoms with Gasteiger partial charge >= 0.3 is 5.97 Å². The number of nitrogens with zero attached hydrogens (tertiary/aromatic N) is 2. The lowest BCUT2D eigenvalue weighted by Crippen LogP contribution is -2.38. The van der Waals surface area contributed by atoms with Gasteiger partial charge in [0.1, 0.15) is 0 Å². The number of amidine groups is 1. The fourth-order valence-corrected chi connectivity index (χ4v) is 5.62. The molecule has 0 saturated carbocycles. The SMILES string of the molecule is CCOC(=O)C1=C(c2ccccc2)N=C2SC=C(CC(=O)NCC3CCCO3)N2C1c1ccccc1. The van der Waals surface area contributed by atoms with Gasteiger partial charge in [0.2, 0.25) is 5.91 Å². The summed E-state index contributed by atoms with van der Waals surface area (Å²) in [6.07, 6.45) is 2.26. The van der Waals surface area contributed by atoms with Crippen LogP contribution >= 0.6 is 11.8 Å². The number of hydrogen-bond donors (Lipinski definition) is 1. The van der Waals surface area contributed by atoms with Gasteiger partial charge in [0.25, 0.3) is 0 Å². The summed E-state index contributed by atoms with van der Waals surface area (Å²) in [6.45, 7) is 3.31. The first-order chi connectivity index (χ1) is 17.7. The summed E-state index contributed by atoms with van der Waals surface area (Å²) in [5, 5.41) is 5.70. The van der Waals surface area contributed by atoms with Gasteiger partial charge in [0.05, 0.1) is 36.4 Å². The first kappa shape index (κ1) is 24.3. The van der Waals surface area contributed by atoms with Gasteiger partial charge in [-0.15, -0.1) is 0 Å². The summed E-state index contributed by atoms with van der Waals surface area (Å²) >= 11 is 1.47. The fraction of sp³-hybridized carbons (Fsp3) is 0.321. The van der Waals surface area contributed by atoms with E-state index in [1.165, 1.54) is 11.8 Å². The second kappa shape index (κ2) is 11.1. The highest BCUT2D eigenvalue weighted by Crippen LogP contribution is 2.46. The molecule has 186 valence electrons. The van der Waals surface area contributed by atoms with Crippen molar-refractivity contribution in [1.29, 1.82) is 0 Å². The molecule has 2 atom stereocenters. The molecule has 36 heavy (non-hydrogen) atoms. The van der Waals surface area contributed by atoms with Crippen molar-refractivity contribution in [2.45, 2.75) is 38.3 Å². The number of ether oxygens (including phenoxy) is 2. The number of esters is 1. The molecule has 3 aliphatic heterocycles. The van der Waals surface area contributed by atoms with Crippen LogP contribution in [0.2, 0.25) is 0 Å². The largest absolute Gasteiger partial charge is 0.463 e. The molecule has 2 aromatic rings. The van der Waals surface area contributed by atoms with Crippen LogP contribution in [0, 0.1) is 0 Å². The monoisotopic (exact) mass is 503 g/mol. The third kappa shape index (κ3) is 5.10. The van der Waals surface area contributed by atoms with E-state index in [2.05, 4.69) is 5.32 Å². The number of thioether (sulfide) groups is 1. The van der Waals surface area contributed by atoms with Gasteiger partial charge in [0.15, 0.2) is 5.17 Å². The van der Waals surface area contributed by atoms with Crippen LogP contribution in [0.5, 0.6) is 0 Å². The summed E-state index contributed by atoms with van der Waals surface area (Å²) in [5.41, 5.74) is 3.63. The van der Waals surface area contributed by atoms with E-state index in [0.29, 0.717) is 17.8 Å². The van der Waals surface area contributed by atoms with Crippen molar-refractivity contribution in [3.63, 3.8) is 0 Å². The summed E-state index contributed by atoms with van der Waals surface area (Å²) in [5.74, 6) is -0.493. The Labute approximate surface area is 215 Å². The Bertz CT molecular complexity index is 1200. The van der Waals surface area contributed by atoms with E-state index in [1.54, 1.807) is 6.92 Å². The Hall–Kier alpha value is -3.36. The quantitative estimate of drug-likeness (QED) is 0.529. The fourth-order valence-electron chi connectivity index (χ4n) is 4.70. The normalized spacial score (nSPS) is 21.1. The lowest BCUT2D eigenvalue weighted by atomic mass is 9.91. The second-order valence-electron chi connectivity index (χ2n) is 8.77. The molecule has 8 heteroatoms. The van der Waals surface area contributed by atoms with Gasteiger partial charge in [-0.05, 0) is 30.7 Å². The molecule has 2 aromatic carbocycles. The topological polar surface area (TPSA) is 80.2 Å². The third-order valence-corrected chi connectivity index (χ3v) is 7.25. The Balaban J connectivity index is 1.51. The zero-order valence-corrected chi connectivity index (χ0v) is 21.0. The zero-order valence-electron chi connectivity index (χ0n) is 20.2. The number of fused-ring (bicyclic) bond motifs is 1. The average Bonchev–Trinajstić information content (AvgIpc) is 3.58. The van der Waals surface area contributed by atoms with Crippen molar-refractivity contribution in [3.05, 3.63) is 88.5 Å². The number of amides is 1. The summed E-state index contributed by atoms with van der Waals surface area (Å²) in [4.78, 5) is 33.3. The summed E-state index contributed by atoms with van der Waals surface area (Å²) < 4.78 is 11.2. The van der Waals surface area contributed by atoms with Gasteiger partial charge in [-0.3, -0.25) is 4.79 Å². The van der Waals surface area contributed by atoms with Crippen LogP contribution in [-0.2, 0) is 19.1 Å². The molecule has 1 amide bonds. The number of nitrogens with one attached hydrogen (secondary N) is 1. The molecule has 1 fully saturated rings. The first-order valence-electron chi connectivity index (χ1n) is 12.3. The van der Waals surface area contributed by atoms with E-state index in [4.69, 9.17) is 14.5 Å². The van der Waals surface area contributed by atoms with Crippen LogP contribution in [0.15, 0.2) is 82.3 Å². The molecule has 0 aliphatic carbocycles. The van der Waals surface area contributed by atoms with E-state index in [9.17, 15) is 9.59 Å². The van der Waals surface area contributed by atoms with Crippen molar-refractivity contribution < 1.29 is 19.1 Å². The third-order valence-electron chi connectivity index (χ3n) is 6.36. The van der Waals surface area contributed by atoms with Crippen LogP contribution in [0.3, 0.4) is 0 Å². The lowest BCUT2D eigenvalue weighted by Gasteiger charge is -2.36. The molecular weight excluding hydrogens is 474 g/mol. The molecule has 3 heterocycles. The highest BCUT2D eigenvalue weighted by Gasteiger charge is 2.42. The standard InChI is InChI=1S/C28H29N3O4S/c1-2-34-27(33)24-25(19-10-5-3-6-11-19)30-28-31(26(24)20-12-7-4-8-13-20)21(18-36-28)16-23(32)29-17-22-14-9-15-35-22/h3-8,10-13,18,22,26H,2,9,14-17H2,1H3,(H,29,32). The molecule has 2 unspecified atom stereocenters. The maximum atomic E-state index is 13.4. The highest BCUT2D eigenvalue weighted by atomic mass is 32.2. The second-order valence-corrected chi connectivity index (χ2v) is 9.61. The molecule has 1 N–H and O–H groups in total. The molecule has 0 aromatic heterocycles. The first-order valence-corrected chi connectivity index (χ1v) is 13.2. The van der Waals surface area contributed by atoms with Gasteiger partial charge in [-0.1, -0.05) is 72.4 Å². The number of rotatable bonds is 8. The predicted molar refractivity (Wildman–Crippen MR) is 141 cm³/mol. The molecule has 7 nitrogen and oxygen atoms in total. The maximum absolute atomic E-state index is 13.4. The molecule has 0 bridgehead atoms. The predicted octanol–water partition coefficient (Wildman–Crippen LogP) is 4.65. The molecule has 3 aliphatic rings. The molecule has 1 saturated heterocycles. The minimum atomic E-state index is -0.472. The smallest absolute Gasteiger partial charge is 0.338 e. The number of carbonyl (C=O) groups is 2. The minimum absolute atomic E-state index is 0.0804. The Morgan fingerprint density at radius 1 is 1.14 bits per heavy atom. The zero-order chi connectivity index (χ0) is 24.9. The molecule has 0 radical (unpaired) electrons. The van der Waals surface area contributed by atoms with E-state index >= 15 is 0 Å².